The first-order valence-electron chi connectivity index (χ1n) is 10.8. The lowest BCUT2D eigenvalue weighted by Crippen LogP contribution is -2.25. The second-order valence-electron chi connectivity index (χ2n) is 7.94. The quantitative estimate of drug-likeness (QED) is 0.502. The normalized spacial score (nSPS) is 10.8. The van der Waals surface area contributed by atoms with Gasteiger partial charge in [0.25, 0.3) is 0 Å². The van der Waals surface area contributed by atoms with Crippen molar-refractivity contribution in [2.75, 3.05) is 5.32 Å². The van der Waals surface area contributed by atoms with E-state index in [4.69, 9.17) is 11.6 Å². The summed E-state index contributed by atoms with van der Waals surface area (Å²) in [6, 6.07) is 13.3. The molecule has 2 amide bonds. The lowest BCUT2D eigenvalue weighted by molar-refractivity contribution is -0.120. The number of hydrogen-bond acceptors (Lipinski definition) is 3. The number of amides is 2. The molecule has 0 atom stereocenters. The van der Waals surface area contributed by atoms with Crippen LogP contribution in [0.3, 0.4) is 0 Å². The molecule has 3 aromatic rings. The first kappa shape index (κ1) is 23.5. The van der Waals surface area contributed by atoms with E-state index in [1.54, 1.807) is 0 Å². The summed E-state index contributed by atoms with van der Waals surface area (Å²) >= 11 is 6.27. The lowest BCUT2D eigenvalue weighted by atomic mass is 10.1. The maximum atomic E-state index is 12.6. The number of nitrogens with zero attached hydrogens (tertiary/aromatic N) is 2. The molecule has 0 radical (unpaired) electrons. The predicted octanol–water partition coefficient (Wildman–Crippen LogP) is 5.05. The number of carbonyl (C=O) groups is 2. The summed E-state index contributed by atoms with van der Waals surface area (Å²) in [6.07, 6.45) is 1.57. The molecule has 0 unspecified atom stereocenters. The van der Waals surface area contributed by atoms with E-state index in [2.05, 4.69) is 15.7 Å². The van der Waals surface area contributed by atoms with Crippen molar-refractivity contribution in [1.29, 1.82) is 0 Å². The highest BCUT2D eigenvalue weighted by Gasteiger charge is 2.16. The molecule has 0 aliphatic rings. The standard InChI is InChI=1S/C25H29ClN4O2/c1-5-6-24(31)28-20-10-8-19(9-11-20)15-27-25(32)14-22-17(3)29-30(18(22)4)21-12-7-16(2)23(26)13-21/h7-13H,5-6,14-15H2,1-4H3,(H,27,32)(H,28,31). The number of aromatic nitrogens is 2. The van der Waals surface area contributed by atoms with E-state index < -0.39 is 0 Å². The lowest BCUT2D eigenvalue weighted by Gasteiger charge is -2.09. The van der Waals surface area contributed by atoms with Crippen molar-refractivity contribution in [3.05, 3.63) is 75.6 Å². The maximum Gasteiger partial charge on any atom is 0.224 e. The zero-order valence-corrected chi connectivity index (χ0v) is 19.7. The van der Waals surface area contributed by atoms with E-state index in [0.29, 0.717) is 18.0 Å². The van der Waals surface area contributed by atoms with Crippen LogP contribution in [0.2, 0.25) is 5.02 Å². The maximum absolute atomic E-state index is 12.6. The second-order valence-corrected chi connectivity index (χ2v) is 8.35. The average molecular weight is 453 g/mol. The summed E-state index contributed by atoms with van der Waals surface area (Å²) in [5.41, 5.74) is 6.25. The molecule has 0 saturated carbocycles. The van der Waals surface area contributed by atoms with E-state index in [-0.39, 0.29) is 18.2 Å². The van der Waals surface area contributed by atoms with Gasteiger partial charge in [0.1, 0.15) is 0 Å². The van der Waals surface area contributed by atoms with Gasteiger partial charge in [0.05, 0.1) is 17.8 Å². The van der Waals surface area contributed by atoms with Crippen LogP contribution in [0, 0.1) is 20.8 Å². The molecule has 1 heterocycles. The van der Waals surface area contributed by atoms with Gasteiger partial charge in [-0.2, -0.15) is 5.10 Å². The Morgan fingerprint density at radius 1 is 1.03 bits per heavy atom. The highest BCUT2D eigenvalue weighted by molar-refractivity contribution is 6.31. The molecule has 2 aromatic carbocycles. The van der Waals surface area contributed by atoms with E-state index in [0.717, 1.165) is 45.9 Å². The van der Waals surface area contributed by atoms with Gasteiger partial charge in [0.2, 0.25) is 11.8 Å². The highest BCUT2D eigenvalue weighted by Crippen LogP contribution is 2.23. The van der Waals surface area contributed by atoms with E-state index in [1.807, 2.05) is 74.8 Å². The molecule has 7 heteroatoms. The third-order valence-corrected chi connectivity index (χ3v) is 5.79. The summed E-state index contributed by atoms with van der Waals surface area (Å²) in [5, 5.41) is 11.1. The topological polar surface area (TPSA) is 76.0 Å². The molecule has 0 saturated heterocycles. The first-order chi connectivity index (χ1) is 15.3. The number of carbonyl (C=O) groups excluding carboxylic acids is 2. The number of rotatable bonds is 8. The molecule has 0 aliphatic carbocycles. The van der Waals surface area contributed by atoms with Gasteiger partial charge in [-0.1, -0.05) is 36.7 Å². The van der Waals surface area contributed by atoms with Crippen molar-refractivity contribution in [3.8, 4) is 5.69 Å². The van der Waals surface area contributed by atoms with Gasteiger partial charge in [-0.05, 0) is 62.6 Å². The largest absolute Gasteiger partial charge is 0.352 e. The van der Waals surface area contributed by atoms with Crippen LogP contribution in [0.5, 0.6) is 0 Å². The van der Waals surface area contributed by atoms with Crippen LogP contribution in [0.4, 0.5) is 5.69 Å². The molecule has 0 spiro atoms. The van der Waals surface area contributed by atoms with Gasteiger partial charge >= 0.3 is 0 Å². The first-order valence-corrected chi connectivity index (χ1v) is 11.1. The summed E-state index contributed by atoms with van der Waals surface area (Å²) in [6.45, 7) is 8.22. The molecule has 0 bridgehead atoms. The molecule has 168 valence electrons. The van der Waals surface area contributed by atoms with Crippen LogP contribution in [0.1, 0.15) is 47.8 Å². The molecular formula is C25H29ClN4O2. The van der Waals surface area contributed by atoms with E-state index >= 15 is 0 Å². The van der Waals surface area contributed by atoms with Crippen LogP contribution >= 0.6 is 11.6 Å². The number of anilines is 1. The van der Waals surface area contributed by atoms with Crippen molar-refractivity contribution >= 4 is 29.1 Å². The minimum Gasteiger partial charge on any atom is -0.352 e. The SMILES string of the molecule is CCCC(=O)Nc1ccc(CNC(=O)Cc2c(C)nn(-c3ccc(C)c(Cl)c3)c2C)cc1. The minimum atomic E-state index is -0.0713. The summed E-state index contributed by atoms with van der Waals surface area (Å²) in [5.74, 6) is -0.0641. The summed E-state index contributed by atoms with van der Waals surface area (Å²) < 4.78 is 1.83. The minimum absolute atomic E-state index is 0.00717. The Bertz CT molecular complexity index is 1120. The Hall–Kier alpha value is -3.12. The average Bonchev–Trinajstić information content (AvgIpc) is 3.03. The zero-order valence-electron chi connectivity index (χ0n) is 19.0. The Morgan fingerprint density at radius 3 is 2.41 bits per heavy atom. The predicted molar refractivity (Wildman–Crippen MR) is 128 cm³/mol. The van der Waals surface area contributed by atoms with Gasteiger partial charge in [-0.15, -0.1) is 0 Å². The molecule has 6 nitrogen and oxygen atoms in total. The Morgan fingerprint density at radius 2 is 1.75 bits per heavy atom. The third kappa shape index (κ3) is 5.77. The molecule has 0 fully saturated rings. The fraction of sp³-hybridized carbons (Fsp3) is 0.320. The van der Waals surface area contributed by atoms with Crippen molar-refractivity contribution in [2.24, 2.45) is 0 Å². The van der Waals surface area contributed by atoms with Gasteiger partial charge in [-0.25, -0.2) is 4.68 Å². The van der Waals surface area contributed by atoms with Crippen molar-refractivity contribution in [2.45, 2.75) is 53.5 Å². The van der Waals surface area contributed by atoms with Crippen molar-refractivity contribution in [1.82, 2.24) is 15.1 Å². The Kier molecular flexibility index (Phi) is 7.70. The van der Waals surface area contributed by atoms with Gasteiger partial charge in [0, 0.05) is 34.9 Å². The van der Waals surface area contributed by atoms with Crippen LogP contribution in [0.25, 0.3) is 5.69 Å². The zero-order chi connectivity index (χ0) is 23.3. The van der Waals surface area contributed by atoms with Crippen LogP contribution < -0.4 is 10.6 Å². The molecular weight excluding hydrogens is 424 g/mol. The molecule has 3 rings (SSSR count). The number of hydrogen-bond donors (Lipinski definition) is 2. The van der Waals surface area contributed by atoms with Crippen LogP contribution in [-0.4, -0.2) is 21.6 Å². The Balaban J connectivity index is 1.61. The second kappa shape index (κ2) is 10.5. The van der Waals surface area contributed by atoms with Crippen molar-refractivity contribution in [3.63, 3.8) is 0 Å². The van der Waals surface area contributed by atoms with E-state index in [9.17, 15) is 9.59 Å². The summed E-state index contributed by atoms with van der Waals surface area (Å²) in [4.78, 5) is 24.3. The number of benzene rings is 2. The molecule has 0 aliphatic heterocycles. The fourth-order valence-electron chi connectivity index (χ4n) is 3.48. The fourth-order valence-corrected chi connectivity index (χ4v) is 3.65. The van der Waals surface area contributed by atoms with Crippen LogP contribution in [0.15, 0.2) is 42.5 Å². The third-order valence-electron chi connectivity index (χ3n) is 5.38. The van der Waals surface area contributed by atoms with Gasteiger partial charge in [-0.3, -0.25) is 9.59 Å². The summed E-state index contributed by atoms with van der Waals surface area (Å²) in [7, 11) is 0. The van der Waals surface area contributed by atoms with Crippen LogP contribution in [-0.2, 0) is 22.6 Å². The highest BCUT2D eigenvalue weighted by atomic mass is 35.5. The number of nitrogens with one attached hydrogen (secondary N) is 2. The number of halogens is 1. The van der Waals surface area contributed by atoms with E-state index in [1.165, 1.54) is 0 Å². The molecule has 1 aromatic heterocycles. The van der Waals surface area contributed by atoms with Crippen molar-refractivity contribution < 1.29 is 9.59 Å². The molecule has 32 heavy (non-hydrogen) atoms. The monoisotopic (exact) mass is 452 g/mol. The number of aryl methyl sites for hydroxylation is 2. The molecule has 2 N–H and O–H groups in total. The van der Waals surface area contributed by atoms with Gasteiger partial charge < -0.3 is 10.6 Å². The Labute approximate surface area is 194 Å². The van der Waals surface area contributed by atoms with Gasteiger partial charge in [0.15, 0.2) is 0 Å². The smallest absolute Gasteiger partial charge is 0.224 e.